The minimum absolute atomic E-state index is 0.0649. The SMILES string of the molecule is Cc1ccc2nc(N3CCS(=O)(=O)c4ccccc4C3)cc(N3CC[C@@H](O)C3)c2c1. The quantitative estimate of drug-likeness (QED) is 0.683. The van der Waals surface area contributed by atoms with Crippen LogP contribution in [0.1, 0.15) is 17.5 Å². The molecular weight excluding hydrogens is 398 g/mol. The van der Waals surface area contributed by atoms with Gasteiger partial charge >= 0.3 is 0 Å². The molecule has 2 aliphatic heterocycles. The Bertz CT molecular complexity index is 1230. The second-order valence-electron chi connectivity index (χ2n) is 8.26. The van der Waals surface area contributed by atoms with Gasteiger partial charge in [0.1, 0.15) is 5.82 Å². The van der Waals surface area contributed by atoms with Crippen LogP contribution in [0.5, 0.6) is 0 Å². The number of β-amino-alcohol motifs (C(OH)–C–C–N with tert-alkyl or cyclic N) is 1. The van der Waals surface area contributed by atoms with Crippen molar-refractivity contribution in [2.75, 3.05) is 35.2 Å². The van der Waals surface area contributed by atoms with Crippen molar-refractivity contribution in [1.82, 2.24) is 4.98 Å². The van der Waals surface area contributed by atoms with E-state index < -0.39 is 9.84 Å². The lowest BCUT2D eigenvalue weighted by Gasteiger charge is -2.26. The van der Waals surface area contributed by atoms with E-state index in [1.54, 1.807) is 12.1 Å². The molecule has 0 amide bonds. The Kier molecular flexibility index (Phi) is 4.67. The highest BCUT2D eigenvalue weighted by atomic mass is 32.2. The van der Waals surface area contributed by atoms with Crippen LogP contribution in [-0.4, -0.2) is 50.0 Å². The van der Waals surface area contributed by atoms with Gasteiger partial charge in [-0.3, -0.25) is 0 Å². The molecule has 0 spiro atoms. The molecule has 1 atom stereocenters. The smallest absolute Gasteiger partial charge is 0.180 e. The van der Waals surface area contributed by atoms with Crippen LogP contribution >= 0.6 is 0 Å². The van der Waals surface area contributed by atoms with Crippen LogP contribution in [-0.2, 0) is 16.4 Å². The van der Waals surface area contributed by atoms with Gasteiger partial charge in [-0.05, 0) is 37.1 Å². The van der Waals surface area contributed by atoms with E-state index in [0.717, 1.165) is 46.5 Å². The maximum absolute atomic E-state index is 12.7. The van der Waals surface area contributed by atoms with Crippen molar-refractivity contribution in [2.24, 2.45) is 0 Å². The van der Waals surface area contributed by atoms with Crippen molar-refractivity contribution in [1.29, 1.82) is 0 Å². The molecule has 0 unspecified atom stereocenters. The summed E-state index contributed by atoms with van der Waals surface area (Å²) >= 11 is 0. The first-order chi connectivity index (χ1) is 14.4. The largest absolute Gasteiger partial charge is 0.391 e. The predicted octanol–water partition coefficient (Wildman–Crippen LogP) is 2.91. The average Bonchev–Trinajstić information content (AvgIpc) is 3.11. The summed E-state index contributed by atoms with van der Waals surface area (Å²) in [4.78, 5) is 9.58. The third-order valence-electron chi connectivity index (χ3n) is 6.06. The zero-order chi connectivity index (χ0) is 20.9. The first-order valence-corrected chi connectivity index (χ1v) is 12.0. The summed E-state index contributed by atoms with van der Waals surface area (Å²) in [5, 5.41) is 11.1. The number of aromatic nitrogens is 1. The Morgan fingerprint density at radius 3 is 2.70 bits per heavy atom. The van der Waals surface area contributed by atoms with E-state index in [4.69, 9.17) is 4.98 Å². The highest BCUT2D eigenvalue weighted by Gasteiger charge is 2.28. The normalized spacial score (nSPS) is 20.9. The number of aliphatic hydroxyl groups is 1. The maximum atomic E-state index is 12.7. The fourth-order valence-electron chi connectivity index (χ4n) is 4.45. The lowest BCUT2D eigenvalue weighted by atomic mass is 10.1. The molecule has 156 valence electrons. The van der Waals surface area contributed by atoms with Gasteiger partial charge in [-0.1, -0.05) is 29.8 Å². The van der Waals surface area contributed by atoms with E-state index in [9.17, 15) is 13.5 Å². The lowest BCUT2D eigenvalue weighted by Crippen LogP contribution is -2.27. The van der Waals surface area contributed by atoms with E-state index >= 15 is 0 Å². The van der Waals surface area contributed by atoms with Gasteiger partial charge in [0.05, 0.1) is 22.3 Å². The molecule has 0 bridgehead atoms. The molecule has 1 aromatic heterocycles. The molecular formula is C23H25N3O3S. The molecule has 0 radical (unpaired) electrons. The summed E-state index contributed by atoms with van der Waals surface area (Å²) in [6.07, 6.45) is 0.428. The van der Waals surface area contributed by atoms with Crippen LogP contribution in [0.3, 0.4) is 0 Å². The molecule has 1 fully saturated rings. The Hall–Kier alpha value is -2.64. The fourth-order valence-corrected chi connectivity index (χ4v) is 5.95. The summed E-state index contributed by atoms with van der Waals surface area (Å²) in [5.41, 5.74) is 3.90. The summed E-state index contributed by atoms with van der Waals surface area (Å²) in [6.45, 7) is 4.35. The zero-order valence-corrected chi connectivity index (χ0v) is 17.8. The van der Waals surface area contributed by atoms with Crippen molar-refractivity contribution >= 4 is 32.2 Å². The van der Waals surface area contributed by atoms with E-state index in [-0.39, 0.29) is 11.9 Å². The third-order valence-corrected chi connectivity index (χ3v) is 7.84. The summed E-state index contributed by atoms with van der Waals surface area (Å²) < 4.78 is 25.5. The van der Waals surface area contributed by atoms with Crippen molar-refractivity contribution < 1.29 is 13.5 Å². The molecule has 3 heterocycles. The Morgan fingerprint density at radius 2 is 1.90 bits per heavy atom. The molecule has 2 aromatic carbocycles. The number of rotatable bonds is 2. The fraction of sp³-hybridized carbons (Fsp3) is 0.348. The topological polar surface area (TPSA) is 73.7 Å². The van der Waals surface area contributed by atoms with Crippen molar-refractivity contribution in [2.45, 2.75) is 30.9 Å². The molecule has 1 N–H and O–H groups in total. The number of aliphatic hydroxyl groups excluding tert-OH is 1. The molecule has 30 heavy (non-hydrogen) atoms. The first kappa shape index (κ1) is 19.3. The van der Waals surface area contributed by atoms with Gasteiger partial charge < -0.3 is 14.9 Å². The molecule has 1 saturated heterocycles. The molecule has 7 heteroatoms. The standard InChI is InChI=1S/C23H25N3O3S/c1-16-6-7-20-19(12-16)21(25-9-8-18(27)15-25)13-23(24-20)26-10-11-30(28,29)22-5-3-2-4-17(22)14-26/h2-7,12-13,18,27H,8-11,14-15H2,1H3/t18-/m1/s1. The van der Waals surface area contributed by atoms with Gasteiger partial charge in [-0.25, -0.2) is 13.4 Å². The van der Waals surface area contributed by atoms with E-state index in [2.05, 4.69) is 28.9 Å². The lowest BCUT2D eigenvalue weighted by molar-refractivity contribution is 0.198. The van der Waals surface area contributed by atoms with Crippen LogP contribution < -0.4 is 9.80 Å². The molecule has 0 aliphatic carbocycles. The minimum atomic E-state index is -3.31. The first-order valence-electron chi connectivity index (χ1n) is 10.3. The van der Waals surface area contributed by atoms with E-state index in [1.807, 2.05) is 24.3 Å². The van der Waals surface area contributed by atoms with Gasteiger partial charge in [0, 0.05) is 43.3 Å². The summed E-state index contributed by atoms with van der Waals surface area (Å²) in [5.74, 6) is 0.838. The number of nitrogens with zero attached hydrogens (tertiary/aromatic N) is 3. The molecule has 0 saturated carbocycles. The molecule has 3 aromatic rings. The summed E-state index contributed by atoms with van der Waals surface area (Å²) in [6, 6.07) is 15.5. The molecule has 5 rings (SSSR count). The van der Waals surface area contributed by atoms with Gasteiger partial charge in [-0.15, -0.1) is 0 Å². The monoisotopic (exact) mass is 423 g/mol. The number of fused-ring (bicyclic) bond motifs is 2. The van der Waals surface area contributed by atoms with Crippen LogP contribution in [0, 0.1) is 6.92 Å². The van der Waals surface area contributed by atoms with Crippen LogP contribution in [0.25, 0.3) is 10.9 Å². The minimum Gasteiger partial charge on any atom is -0.391 e. The second kappa shape index (κ2) is 7.25. The number of pyridine rings is 1. The number of sulfone groups is 1. The highest BCUT2D eigenvalue weighted by molar-refractivity contribution is 7.91. The summed E-state index contributed by atoms with van der Waals surface area (Å²) in [7, 11) is -3.31. The van der Waals surface area contributed by atoms with Crippen LogP contribution in [0.2, 0.25) is 0 Å². The van der Waals surface area contributed by atoms with Crippen molar-refractivity contribution in [3.05, 3.63) is 59.7 Å². The second-order valence-corrected chi connectivity index (χ2v) is 10.3. The van der Waals surface area contributed by atoms with Crippen LogP contribution in [0.15, 0.2) is 53.4 Å². The number of aryl methyl sites for hydroxylation is 1. The zero-order valence-electron chi connectivity index (χ0n) is 17.0. The van der Waals surface area contributed by atoms with E-state index in [0.29, 0.717) is 24.5 Å². The molecule has 6 nitrogen and oxygen atoms in total. The van der Waals surface area contributed by atoms with Crippen molar-refractivity contribution in [3.63, 3.8) is 0 Å². The Labute approximate surface area is 176 Å². The van der Waals surface area contributed by atoms with Crippen molar-refractivity contribution in [3.8, 4) is 0 Å². The Balaban J connectivity index is 1.62. The predicted molar refractivity (Wildman–Crippen MR) is 119 cm³/mol. The van der Waals surface area contributed by atoms with Crippen LogP contribution in [0.4, 0.5) is 11.5 Å². The van der Waals surface area contributed by atoms with E-state index in [1.165, 1.54) is 0 Å². The highest BCUT2D eigenvalue weighted by Crippen LogP contribution is 2.34. The Morgan fingerprint density at radius 1 is 1.07 bits per heavy atom. The van der Waals surface area contributed by atoms with Gasteiger partial charge in [0.25, 0.3) is 0 Å². The van der Waals surface area contributed by atoms with Gasteiger partial charge in [0.2, 0.25) is 0 Å². The number of anilines is 2. The number of hydrogen-bond acceptors (Lipinski definition) is 6. The third kappa shape index (κ3) is 3.42. The number of benzene rings is 2. The average molecular weight is 424 g/mol. The maximum Gasteiger partial charge on any atom is 0.180 e. The van der Waals surface area contributed by atoms with Gasteiger partial charge in [0.15, 0.2) is 9.84 Å². The number of hydrogen-bond donors (Lipinski definition) is 1. The van der Waals surface area contributed by atoms with Gasteiger partial charge in [-0.2, -0.15) is 0 Å². The molecule has 2 aliphatic rings.